The SMILES string of the molecule is CCNC(=NCCc1ccco1)N1CCN(C(C)=O)CC1.I. The number of guanidine groups is 1. The first-order valence-corrected chi connectivity index (χ1v) is 7.52. The van der Waals surface area contributed by atoms with E-state index in [-0.39, 0.29) is 29.9 Å². The smallest absolute Gasteiger partial charge is 0.219 e. The second-order valence-electron chi connectivity index (χ2n) is 5.06. The Balaban J connectivity index is 0.00000242. The van der Waals surface area contributed by atoms with Crippen LogP contribution in [0.4, 0.5) is 0 Å². The lowest BCUT2D eigenvalue weighted by atomic mass is 10.3. The minimum absolute atomic E-state index is 0. The molecule has 2 rings (SSSR count). The van der Waals surface area contributed by atoms with Crippen molar-refractivity contribution in [2.45, 2.75) is 20.3 Å². The Morgan fingerprint density at radius 2 is 2.00 bits per heavy atom. The van der Waals surface area contributed by atoms with Crippen LogP contribution in [0.1, 0.15) is 19.6 Å². The number of nitrogens with zero attached hydrogens (tertiary/aromatic N) is 3. The van der Waals surface area contributed by atoms with Crippen molar-refractivity contribution < 1.29 is 9.21 Å². The van der Waals surface area contributed by atoms with Gasteiger partial charge in [0.05, 0.1) is 6.26 Å². The van der Waals surface area contributed by atoms with Gasteiger partial charge < -0.3 is 19.5 Å². The summed E-state index contributed by atoms with van der Waals surface area (Å²) >= 11 is 0. The van der Waals surface area contributed by atoms with Crippen LogP contribution in [0.5, 0.6) is 0 Å². The largest absolute Gasteiger partial charge is 0.469 e. The fraction of sp³-hybridized carbons (Fsp3) is 0.600. The Morgan fingerprint density at radius 3 is 2.55 bits per heavy atom. The molecule has 0 bridgehead atoms. The third kappa shape index (κ3) is 5.51. The van der Waals surface area contributed by atoms with E-state index in [9.17, 15) is 4.79 Å². The van der Waals surface area contributed by atoms with Gasteiger partial charge in [-0.2, -0.15) is 0 Å². The Bertz CT molecular complexity index is 468. The first-order chi connectivity index (χ1) is 10.2. The molecule has 6 nitrogen and oxygen atoms in total. The topological polar surface area (TPSA) is 61.1 Å². The number of rotatable bonds is 4. The van der Waals surface area contributed by atoms with E-state index in [1.54, 1.807) is 13.2 Å². The van der Waals surface area contributed by atoms with Crippen molar-refractivity contribution in [2.75, 3.05) is 39.3 Å². The molecule has 0 aliphatic carbocycles. The van der Waals surface area contributed by atoms with Crippen molar-refractivity contribution in [2.24, 2.45) is 4.99 Å². The average molecular weight is 420 g/mol. The van der Waals surface area contributed by atoms with Crippen molar-refractivity contribution in [3.63, 3.8) is 0 Å². The summed E-state index contributed by atoms with van der Waals surface area (Å²) in [6.45, 7) is 8.40. The van der Waals surface area contributed by atoms with E-state index in [4.69, 9.17) is 4.42 Å². The molecule has 0 aromatic carbocycles. The van der Waals surface area contributed by atoms with E-state index in [1.807, 2.05) is 17.0 Å². The molecule has 124 valence electrons. The summed E-state index contributed by atoms with van der Waals surface area (Å²) in [5.41, 5.74) is 0. The van der Waals surface area contributed by atoms with E-state index in [0.29, 0.717) is 6.54 Å². The number of piperazine rings is 1. The van der Waals surface area contributed by atoms with Gasteiger partial charge in [0, 0.05) is 52.6 Å². The highest BCUT2D eigenvalue weighted by atomic mass is 127. The summed E-state index contributed by atoms with van der Waals surface area (Å²) in [5, 5.41) is 3.32. The Hall–Kier alpha value is -1.25. The first-order valence-electron chi connectivity index (χ1n) is 7.52. The normalized spacial score (nSPS) is 15.5. The predicted molar refractivity (Wildman–Crippen MR) is 97.6 cm³/mol. The fourth-order valence-electron chi connectivity index (χ4n) is 2.39. The summed E-state index contributed by atoms with van der Waals surface area (Å²) in [6, 6.07) is 3.86. The maximum atomic E-state index is 11.4. The molecule has 1 aromatic heterocycles. The number of halogens is 1. The monoisotopic (exact) mass is 420 g/mol. The van der Waals surface area contributed by atoms with Crippen molar-refractivity contribution in [1.29, 1.82) is 0 Å². The van der Waals surface area contributed by atoms with Gasteiger partial charge in [-0.05, 0) is 19.1 Å². The minimum atomic E-state index is 0. The molecule has 2 heterocycles. The predicted octanol–water partition coefficient (Wildman–Crippen LogP) is 1.57. The number of carbonyl (C=O) groups excluding carboxylic acids is 1. The van der Waals surface area contributed by atoms with E-state index in [1.165, 1.54) is 0 Å². The van der Waals surface area contributed by atoms with Crippen molar-refractivity contribution in [3.8, 4) is 0 Å². The van der Waals surface area contributed by atoms with Gasteiger partial charge in [-0.3, -0.25) is 9.79 Å². The molecule has 0 radical (unpaired) electrons. The molecular formula is C15H25IN4O2. The Morgan fingerprint density at radius 1 is 1.32 bits per heavy atom. The molecule has 22 heavy (non-hydrogen) atoms. The van der Waals surface area contributed by atoms with Crippen LogP contribution in [-0.2, 0) is 11.2 Å². The van der Waals surface area contributed by atoms with Crippen LogP contribution in [0.25, 0.3) is 0 Å². The molecule has 1 aliphatic rings. The molecule has 0 atom stereocenters. The third-order valence-corrected chi connectivity index (χ3v) is 3.56. The average Bonchev–Trinajstić information content (AvgIpc) is 3.00. The second kappa shape index (κ2) is 9.70. The Labute approximate surface area is 149 Å². The van der Waals surface area contributed by atoms with Crippen LogP contribution in [0.2, 0.25) is 0 Å². The standard InChI is InChI=1S/C15H24N4O2.HI/c1-3-16-15(17-7-6-14-5-4-12-21-14)19-10-8-18(9-11-19)13(2)20;/h4-5,12H,3,6-11H2,1-2H3,(H,16,17);1H. The van der Waals surface area contributed by atoms with Gasteiger partial charge in [-0.1, -0.05) is 0 Å². The van der Waals surface area contributed by atoms with E-state index < -0.39 is 0 Å². The highest BCUT2D eigenvalue weighted by Gasteiger charge is 2.20. The number of aliphatic imine (C=N–C) groups is 1. The van der Waals surface area contributed by atoms with Gasteiger partial charge in [0.15, 0.2) is 5.96 Å². The molecule has 1 saturated heterocycles. The minimum Gasteiger partial charge on any atom is -0.469 e. The van der Waals surface area contributed by atoms with Gasteiger partial charge >= 0.3 is 0 Å². The zero-order valence-corrected chi connectivity index (χ0v) is 15.6. The van der Waals surface area contributed by atoms with Gasteiger partial charge in [0.25, 0.3) is 0 Å². The summed E-state index contributed by atoms with van der Waals surface area (Å²) in [6.07, 6.45) is 2.49. The van der Waals surface area contributed by atoms with Gasteiger partial charge in [0.1, 0.15) is 5.76 Å². The van der Waals surface area contributed by atoms with Crippen LogP contribution in [-0.4, -0.2) is 60.9 Å². The lowest BCUT2D eigenvalue weighted by molar-refractivity contribution is -0.130. The molecule has 1 aliphatic heterocycles. The van der Waals surface area contributed by atoms with Crippen LogP contribution >= 0.6 is 24.0 Å². The number of amides is 1. The number of carbonyl (C=O) groups is 1. The molecule has 1 N–H and O–H groups in total. The summed E-state index contributed by atoms with van der Waals surface area (Å²) in [7, 11) is 0. The van der Waals surface area contributed by atoms with Crippen molar-refractivity contribution in [1.82, 2.24) is 15.1 Å². The van der Waals surface area contributed by atoms with Crippen LogP contribution < -0.4 is 5.32 Å². The quantitative estimate of drug-likeness (QED) is 0.457. The zero-order chi connectivity index (χ0) is 15.1. The summed E-state index contributed by atoms with van der Waals surface area (Å²) < 4.78 is 5.31. The van der Waals surface area contributed by atoms with Gasteiger partial charge in [0.2, 0.25) is 5.91 Å². The maximum Gasteiger partial charge on any atom is 0.219 e. The highest BCUT2D eigenvalue weighted by molar-refractivity contribution is 14.0. The van der Waals surface area contributed by atoms with E-state index >= 15 is 0 Å². The van der Waals surface area contributed by atoms with Gasteiger partial charge in [-0.25, -0.2) is 0 Å². The van der Waals surface area contributed by atoms with Crippen LogP contribution in [0.3, 0.4) is 0 Å². The molecule has 1 fully saturated rings. The molecule has 1 aromatic rings. The number of nitrogens with one attached hydrogen (secondary N) is 1. The number of furan rings is 1. The van der Waals surface area contributed by atoms with E-state index in [2.05, 4.69) is 22.1 Å². The number of hydrogen-bond acceptors (Lipinski definition) is 3. The zero-order valence-electron chi connectivity index (χ0n) is 13.2. The van der Waals surface area contributed by atoms with E-state index in [0.717, 1.165) is 50.9 Å². The third-order valence-electron chi connectivity index (χ3n) is 3.56. The number of hydrogen-bond donors (Lipinski definition) is 1. The maximum absolute atomic E-state index is 11.4. The summed E-state index contributed by atoms with van der Waals surface area (Å²) in [5.74, 6) is 2.03. The molecule has 0 saturated carbocycles. The van der Waals surface area contributed by atoms with Crippen molar-refractivity contribution in [3.05, 3.63) is 24.2 Å². The second-order valence-corrected chi connectivity index (χ2v) is 5.06. The molecule has 7 heteroatoms. The van der Waals surface area contributed by atoms with Gasteiger partial charge in [-0.15, -0.1) is 24.0 Å². The molecule has 0 unspecified atom stereocenters. The lowest BCUT2D eigenvalue weighted by Gasteiger charge is -2.36. The van der Waals surface area contributed by atoms with Crippen LogP contribution in [0.15, 0.2) is 27.8 Å². The fourth-order valence-corrected chi connectivity index (χ4v) is 2.39. The first kappa shape index (κ1) is 18.8. The van der Waals surface area contributed by atoms with Crippen molar-refractivity contribution >= 4 is 35.8 Å². The van der Waals surface area contributed by atoms with Crippen LogP contribution in [0, 0.1) is 0 Å². The molecular weight excluding hydrogens is 395 g/mol. The lowest BCUT2D eigenvalue weighted by Crippen LogP contribution is -2.53. The highest BCUT2D eigenvalue weighted by Crippen LogP contribution is 2.04. The Kier molecular flexibility index (Phi) is 8.29. The summed E-state index contributed by atoms with van der Waals surface area (Å²) in [4.78, 5) is 20.1. The molecule has 1 amide bonds. The molecule has 0 spiro atoms.